The highest BCUT2D eigenvalue weighted by Crippen LogP contribution is 2.26. The van der Waals surface area contributed by atoms with Crippen LogP contribution in [-0.4, -0.2) is 97.4 Å². The monoisotopic (exact) mass is 606 g/mol. The van der Waals surface area contributed by atoms with E-state index in [9.17, 15) is 18.0 Å². The van der Waals surface area contributed by atoms with Gasteiger partial charge in [0.2, 0.25) is 21.8 Å². The van der Waals surface area contributed by atoms with E-state index >= 15 is 0 Å². The highest BCUT2D eigenvalue weighted by atomic mass is 35.5. The Morgan fingerprint density at radius 3 is 2.44 bits per heavy atom. The zero-order valence-corrected chi connectivity index (χ0v) is 24.9. The van der Waals surface area contributed by atoms with Crippen molar-refractivity contribution in [2.24, 2.45) is 0 Å². The number of hydrogen-bond acceptors (Lipinski definition) is 6. The summed E-state index contributed by atoms with van der Waals surface area (Å²) in [7, 11) is -3.92. The Balaban J connectivity index is 0.00000124. The summed E-state index contributed by atoms with van der Waals surface area (Å²) in [6, 6.07) is 8.76. The van der Waals surface area contributed by atoms with E-state index in [2.05, 4.69) is 9.62 Å². The molecule has 3 aliphatic rings. The molecule has 3 saturated heterocycles. The number of hydrogen-bond donors (Lipinski definition) is 2. The van der Waals surface area contributed by atoms with Gasteiger partial charge in [-0.3, -0.25) is 14.4 Å². The summed E-state index contributed by atoms with van der Waals surface area (Å²) in [5, 5.41) is 9.05. The van der Waals surface area contributed by atoms with Crippen molar-refractivity contribution in [1.82, 2.24) is 19.4 Å². The molecular weight excluding hydrogens is 568 g/mol. The van der Waals surface area contributed by atoms with Gasteiger partial charge < -0.3 is 19.8 Å². The number of rotatable bonds is 8. The van der Waals surface area contributed by atoms with E-state index in [-0.39, 0.29) is 29.2 Å². The molecule has 2 aromatic carbocycles. The second kappa shape index (κ2) is 14.0. The molecule has 2 aromatic rings. The van der Waals surface area contributed by atoms with Crippen molar-refractivity contribution < 1.29 is 27.9 Å². The quantitative estimate of drug-likeness (QED) is 0.441. The van der Waals surface area contributed by atoms with Crippen LogP contribution in [-0.2, 0) is 24.4 Å². The van der Waals surface area contributed by atoms with E-state index in [1.807, 2.05) is 4.90 Å². The Morgan fingerprint density at radius 2 is 1.71 bits per heavy atom. The molecule has 3 atom stereocenters. The fourth-order valence-electron chi connectivity index (χ4n) is 6.11. The van der Waals surface area contributed by atoms with Crippen molar-refractivity contribution in [2.45, 2.75) is 74.9 Å². The lowest BCUT2D eigenvalue weighted by Gasteiger charge is -2.39. The number of piperidine rings is 1. The summed E-state index contributed by atoms with van der Waals surface area (Å²) in [5.41, 5.74) is 0. The third kappa shape index (κ3) is 7.57. The van der Waals surface area contributed by atoms with E-state index < -0.39 is 22.1 Å². The first-order valence-corrected chi connectivity index (χ1v) is 16.1. The number of fused-ring (bicyclic) bond motifs is 1. The van der Waals surface area contributed by atoms with Gasteiger partial charge in [0.05, 0.1) is 4.90 Å². The molecule has 224 valence electrons. The molecular formula is C29H39ClN4O6S. The van der Waals surface area contributed by atoms with Crippen LogP contribution in [0.5, 0.6) is 0 Å². The molecule has 0 radical (unpaired) electrons. The summed E-state index contributed by atoms with van der Waals surface area (Å²) < 4.78 is 28.9. The number of carbonyl (C=O) groups excluding carboxylic acids is 2. The maximum absolute atomic E-state index is 13.6. The number of nitrogens with zero attached hydrogens (tertiary/aromatic N) is 3. The number of halogens is 1. The fourth-order valence-corrected chi connectivity index (χ4v) is 7.55. The van der Waals surface area contributed by atoms with Crippen LogP contribution in [0, 0.1) is 0 Å². The third-order valence-electron chi connectivity index (χ3n) is 8.33. The van der Waals surface area contributed by atoms with Gasteiger partial charge >= 0.3 is 0 Å². The first kappa shape index (κ1) is 31.2. The summed E-state index contributed by atoms with van der Waals surface area (Å²) in [6.45, 7) is 5.89. The smallest absolute Gasteiger partial charge is 0.290 e. The number of carboxylic acid groups (broad SMARTS) is 1. The molecule has 12 heteroatoms. The minimum absolute atomic E-state index is 0.0267. The molecule has 0 spiro atoms. The van der Waals surface area contributed by atoms with Gasteiger partial charge in [-0.1, -0.05) is 23.7 Å². The Hall–Kier alpha value is -2.73. The number of sulfonamides is 1. The first-order valence-electron chi connectivity index (χ1n) is 14.3. The van der Waals surface area contributed by atoms with Gasteiger partial charge in [-0.25, -0.2) is 8.42 Å². The number of likely N-dealkylation sites (tertiary alicyclic amines) is 3. The minimum Gasteiger partial charge on any atom is -0.483 e. The van der Waals surface area contributed by atoms with Crippen LogP contribution in [0.4, 0.5) is 0 Å². The van der Waals surface area contributed by atoms with E-state index in [0.29, 0.717) is 18.0 Å². The molecule has 5 rings (SSSR count). The molecule has 2 amide bonds. The number of carbonyl (C=O) groups is 3. The van der Waals surface area contributed by atoms with E-state index in [4.69, 9.17) is 21.5 Å². The second-order valence-electron chi connectivity index (χ2n) is 10.9. The van der Waals surface area contributed by atoms with Crippen molar-refractivity contribution in [3.05, 3.63) is 41.4 Å². The molecule has 1 unspecified atom stereocenters. The number of amides is 2. The highest BCUT2D eigenvalue weighted by Gasteiger charge is 2.41. The average molecular weight is 607 g/mol. The zero-order valence-electron chi connectivity index (χ0n) is 23.4. The maximum atomic E-state index is 13.6. The maximum Gasteiger partial charge on any atom is 0.290 e. The molecule has 41 heavy (non-hydrogen) atoms. The topological polar surface area (TPSA) is 127 Å². The summed E-state index contributed by atoms with van der Waals surface area (Å²) in [4.78, 5) is 41.3. The first-order chi connectivity index (χ1) is 19.6. The molecule has 3 aliphatic heterocycles. The minimum atomic E-state index is -3.92. The van der Waals surface area contributed by atoms with E-state index in [1.165, 1.54) is 18.9 Å². The predicted molar refractivity (Wildman–Crippen MR) is 157 cm³/mol. The highest BCUT2D eigenvalue weighted by molar-refractivity contribution is 7.89. The van der Waals surface area contributed by atoms with Crippen LogP contribution >= 0.6 is 11.6 Å². The van der Waals surface area contributed by atoms with Crippen LogP contribution in [0.15, 0.2) is 41.3 Å². The fraction of sp³-hybridized carbons (Fsp3) is 0.552. The molecule has 2 N–H and O–H groups in total. The molecule has 0 bridgehead atoms. The van der Waals surface area contributed by atoms with Crippen molar-refractivity contribution in [1.29, 1.82) is 0 Å². The van der Waals surface area contributed by atoms with Gasteiger partial charge in [-0.15, -0.1) is 0 Å². The molecule has 0 saturated carbocycles. The van der Waals surface area contributed by atoms with Crippen molar-refractivity contribution in [3.8, 4) is 0 Å². The van der Waals surface area contributed by atoms with Crippen LogP contribution < -0.4 is 4.72 Å². The van der Waals surface area contributed by atoms with E-state index in [0.717, 1.165) is 62.6 Å². The van der Waals surface area contributed by atoms with Gasteiger partial charge in [-0.2, -0.15) is 4.72 Å². The Bertz CT molecular complexity index is 1350. The normalized spacial score (nSPS) is 22.4. The van der Waals surface area contributed by atoms with Gasteiger partial charge in [0.1, 0.15) is 12.1 Å². The van der Waals surface area contributed by atoms with Crippen molar-refractivity contribution in [3.63, 3.8) is 0 Å². The molecule has 10 nitrogen and oxygen atoms in total. The standard InChI is InChI=1S/C28H37ClN4O4S.CH2O2/c1-20(27(34)33-15-3-2-6-24(33)11-16-31-13-4-5-14-31)32-17-12-26(28(32)35)30-38(36,37)25-10-8-21-18-23(29)9-7-22(21)19-25;2-1-3/h7-10,18-20,24,26,30H,2-6,11-17H2,1H3;1H,(H,2,3)/t20-,24?,26-;/m0./s1. The molecule has 3 heterocycles. The predicted octanol–water partition coefficient (Wildman–Crippen LogP) is 3.33. The SMILES string of the molecule is C[C@@H](C(=O)N1CCCCC1CCN1CCCC1)N1CC[C@H](NS(=O)(=O)c2ccc3cc(Cl)ccc3c2)C1=O.O=CO. The average Bonchev–Trinajstić information content (AvgIpc) is 3.61. The Morgan fingerprint density at radius 1 is 1.05 bits per heavy atom. The molecule has 0 aromatic heterocycles. The second-order valence-corrected chi connectivity index (χ2v) is 13.1. The Kier molecular flexibility index (Phi) is 10.6. The summed E-state index contributed by atoms with van der Waals surface area (Å²) in [6.07, 6.45) is 6.90. The van der Waals surface area contributed by atoms with Crippen LogP contribution in [0.3, 0.4) is 0 Å². The van der Waals surface area contributed by atoms with Crippen LogP contribution in [0.25, 0.3) is 10.8 Å². The van der Waals surface area contributed by atoms with Crippen LogP contribution in [0.1, 0.15) is 51.9 Å². The lowest BCUT2D eigenvalue weighted by molar-refractivity contribution is -0.146. The largest absolute Gasteiger partial charge is 0.483 e. The van der Waals surface area contributed by atoms with Gasteiger partial charge in [0, 0.05) is 30.7 Å². The lowest BCUT2D eigenvalue weighted by atomic mass is 9.98. The van der Waals surface area contributed by atoms with Gasteiger partial charge in [0.15, 0.2) is 0 Å². The number of nitrogens with one attached hydrogen (secondary N) is 1. The lowest BCUT2D eigenvalue weighted by Crippen LogP contribution is -2.54. The third-order valence-corrected chi connectivity index (χ3v) is 10.0. The molecule has 3 fully saturated rings. The van der Waals surface area contributed by atoms with Crippen molar-refractivity contribution >= 4 is 50.7 Å². The van der Waals surface area contributed by atoms with Crippen LogP contribution in [0.2, 0.25) is 5.02 Å². The van der Waals surface area contributed by atoms with Crippen molar-refractivity contribution in [2.75, 3.05) is 32.7 Å². The van der Waals surface area contributed by atoms with E-state index in [1.54, 1.807) is 42.2 Å². The number of benzene rings is 2. The van der Waals surface area contributed by atoms with Gasteiger partial charge in [-0.05, 0) is 100.0 Å². The molecule has 0 aliphatic carbocycles. The summed E-state index contributed by atoms with van der Waals surface area (Å²) in [5.74, 6) is -0.367. The van der Waals surface area contributed by atoms with Gasteiger partial charge in [0.25, 0.3) is 6.47 Å². The zero-order chi connectivity index (χ0) is 29.6. The summed E-state index contributed by atoms with van der Waals surface area (Å²) >= 11 is 6.04. The Labute approximate surface area is 246 Å².